The molecule has 3 aromatic rings. The van der Waals surface area contributed by atoms with Crippen LogP contribution in [0.4, 0.5) is 0 Å². The molecule has 2 aromatic carbocycles. The van der Waals surface area contributed by atoms with Crippen LogP contribution in [-0.2, 0) is 9.84 Å². The molecule has 1 heterocycles. The Morgan fingerprint density at radius 3 is 2.38 bits per heavy atom. The summed E-state index contributed by atoms with van der Waals surface area (Å²) in [4.78, 5) is 17.2. The van der Waals surface area contributed by atoms with Crippen LogP contribution in [-0.4, -0.2) is 32.2 Å². The van der Waals surface area contributed by atoms with Gasteiger partial charge in [0.1, 0.15) is 16.5 Å². The molecule has 1 amide bonds. The van der Waals surface area contributed by atoms with Gasteiger partial charge >= 0.3 is 0 Å². The lowest BCUT2D eigenvalue weighted by atomic mass is 10.1. The zero-order valence-electron chi connectivity index (χ0n) is 16.4. The van der Waals surface area contributed by atoms with Crippen molar-refractivity contribution in [1.82, 2.24) is 10.3 Å². The second-order valence-corrected chi connectivity index (χ2v) is 9.41. The van der Waals surface area contributed by atoms with Gasteiger partial charge in [0, 0.05) is 17.2 Å². The molecular weight excluding hydrogens is 408 g/mol. The Morgan fingerprint density at radius 2 is 1.79 bits per heavy atom. The second kappa shape index (κ2) is 8.75. The van der Waals surface area contributed by atoms with E-state index in [1.54, 1.807) is 29.6 Å². The van der Waals surface area contributed by atoms with Crippen molar-refractivity contribution >= 4 is 27.1 Å². The molecule has 1 atom stereocenters. The van der Waals surface area contributed by atoms with E-state index in [9.17, 15) is 13.2 Å². The van der Waals surface area contributed by atoms with Crippen LogP contribution >= 0.6 is 11.3 Å². The summed E-state index contributed by atoms with van der Waals surface area (Å²) < 4.78 is 28.6. The highest BCUT2D eigenvalue weighted by Crippen LogP contribution is 2.26. The molecule has 6 nitrogen and oxygen atoms in total. The van der Waals surface area contributed by atoms with E-state index in [0.717, 1.165) is 28.1 Å². The van der Waals surface area contributed by atoms with Gasteiger partial charge in [-0.3, -0.25) is 4.79 Å². The number of rotatable bonds is 7. The third-order valence-electron chi connectivity index (χ3n) is 4.30. The van der Waals surface area contributed by atoms with Crippen LogP contribution in [0.1, 0.15) is 35.9 Å². The Bertz CT molecular complexity index is 1090. The van der Waals surface area contributed by atoms with Crippen molar-refractivity contribution < 1.29 is 17.9 Å². The van der Waals surface area contributed by atoms with Crippen molar-refractivity contribution in [3.8, 4) is 16.3 Å². The number of ether oxygens (including phenoxy) is 1. The molecule has 1 aromatic heterocycles. The van der Waals surface area contributed by atoms with Crippen LogP contribution < -0.4 is 10.1 Å². The number of aromatic nitrogens is 1. The van der Waals surface area contributed by atoms with Crippen molar-refractivity contribution in [2.45, 2.75) is 24.8 Å². The minimum Gasteiger partial charge on any atom is -0.494 e. The summed E-state index contributed by atoms with van der Waals surface area (Å²) in [6.45, 7) is 4.38. The number of sulfone groups is 1. The summed E-state index contributed by atoms with van der Waals surface area (Å²) in [5, 5.41) is 5.37. The molecule has 0 aliphatic carbocycles. The van der Waals surface area contributed by atoms with Crippen LogP contribution in [0.5, 0.6) is 5.75 Å². The summed E-state index contributed by atoms with van der Waals surface area (Å²) in [7, 11) is -3.24. The number of nitrogens with one attached hydrogen (secondary N) is 1. The number of thiazole rings is 1. The lowest BCUT2D eigenvalue weighted by Gasteiger charge is -2.14. The topological polar surface area (TPSA) is 85.4 Å². The maximum absolute atomic E-state index is 12.6. The molecule has 152 valence electrons. The Hall–Kier alpha value is -2.71. The van der Waals surface area contributed by atoms with Crippen molar-refractivity contribution in [3.05, 3.63) is 65.2 Å². The van der Waals surface area contributed by atoms with Gasteiger partial charge in [-0.05, 0) is 55.8 Å². The standard InChI is InChI=1S/C21H22N2O4S2/c1-4-27-17-9-5-16(6-10-17)21-23-19(13-28-21)20(24)22-14(2)15-7-11-18(12-8-15)29(3,25)26/h5-14H,4H2,1-3H3,(H,22,24). The van der Waals surface area contributed by atoms with Gasteiger partial charge in [0.25, 0.3) is 5.91 Å². The van der Waals surface area contributed by atoms with Crippen molar-refractivity contribution in [2.24, 2.45) is 0 Å². The van der Waals surface area contributed by atoms with Gasteiger partial charge < -0.3 is 10.1 Å². The Balaban J connectivity index is 1.68. The number of nitrogens with zero attached hydrogens (tertiary/aromatic N) is 1. The fraction of sp³-hybridized carbons (Fsp3) is 0.238. The number of hydrogen-bond acceptors (Lipinski definition) is 6. The van der Waals surface area contributed by atoms with E-state index in [2.05, 4.69) is 10.3 Å². The maximum atomic E-state index is 12.6. The summed E-state index contributed by atoms with van der Waals surface area (Å²) >= 11 is 1.40. The molecule has 0 saturated heterocycles. The molecule has 3 rings (SSSR count). The summed E-state index contributed by atoms with van der Waals surface area (Å²) in [5.41, 5.74) is 2.08. The van der Waals surface area contributed by atoms with E-state index in [0.29, 0.717) is 12.3 Å². The van der Waals surface area contributed by atoms with Gasteiger partial charge in [-0.25, -0.2) is 13.4 Å². The lowest BCUT2D eigenvalue weighted by molar-refractivity contribution is 0.0935. The first-order chi connectivity index (χ1) is 13.8. The van der Waals surface area contributed by atoms with Gasteiger partial charge in [-0.2, -0.15) is 0 Å². The Kier molecular flexibility index (Phi) is 6.34. The summed E-state index contributed by atoms with van der Waals surface area (Å²) in [6.07, 6.45) is 1.16. The molecule has 0 aliphatic rings. The fourth-order valence-corrected chi connectivity index (χ4v) is 4.17. The first-order valence-corrected chi connectivity index (χ1v) is 11.8. The van der Waals surface area contributed by atoms with Gasteiger partial charge in [0.15, 0.2) is 9.84 Å². The van der Waals surface area contributed by atoms with Crippen LogP contribution in [0.15, 0.2) is 58.8 Å². The third-order valence-corrected chi connectivity index (χ3v) is 6.32. The molecule has 1 unspecified atom stereocenters. The van der Waals surface area contributed by atoms with Crippen molar-refractivity contribution in [1.29, 1.82) is 0 Å². The molecule has 0 saturated carbocycles. The van der Waals surface area contributed by atoms with E-state index in [-0.39, 0.29) is 16.8 Å². The van der Waals surface area contributed by atoms with E-state index in [1.807, 2.05) is 38.1 Å². The largest absolute Gasteiger partial charge is 0.494 e. The highest BCUT2D eigenvalue weighted by Gasteiger charge is 2.16. The highest BCUT2D eigenvalue weighted by molar-refractivity contribution is 7.90. The number of benzene rings is 2. The number of carbonyl (C=O) groups excluding carboxylic acids is 1. The number of amides is 1. The van der Waals surface area contributed by atoms with Gasteiger partial charge in [-0.15, -0.1) is 11.3 Å². The first kappa shape index (κ1) is 21.0. The second-order valence-electron chi connectivity index (χ2n) is 6.53. The monoisotopic (exact) mass is 430 g/mol. The average Bonchev–Trinajstić information content (AvgIpc) is 3.18. The molecule has 0 spiro atoms. The molecule has 29 heavy (non-hydrogen) atoms. The van der Waals surface area contributed by atoms with Crippen LogP contribution in [0, 0.1) is 0 Å². The van der Waals surface area contributed by atoms with E-state index in [4.69, 9.17) is 4.74 Å². The number of hydrogen-bond donors (Lipinski definition) is 1. The molecular formula is C21H22N2O4S2. The molecule has 1 N–H and O–H groups in total. The molecule has 0 aliphatic heterocycles. The Morgan fingerprint density at radius 1 is 1.14 bits per heavy atom. The zero-order chi connectivity index (χ0) is 21.0. The van der Waals surface area contributed by atoms with E-state index >= 15 is 0 Å². The quantitative estimate of drug-likeness (QED) is 0.610. The first-order valence-electron chi connectivity index (χ1n) is 9.07. The lowest BCUT2D eigenvalue weighted by Crippen LogP contribution is -2.26. The minimum absolute atomic E-state index is 0.249. The SMILES string of the molecule is CCOc1ccc(-c2nc(C(=O)NC(C)c3ccc(S(C)(=O)=O)cc3)cs2)cc1. The molecule has 0 bridgehead atoms. The van der Waals surface area contributed by atoms with Gasteiger partial charge in [0.2, 0.25) is 0 Å². The van der Waals surface area contributed by atoms with Crippen LogP contribution in [0.3, 0.4) is 0 Å². The predicted molar refractivity (Wildman–Crippen MR) is 114 cm³/mol. The minimum atomic E-state index is -3.24. The normalized spacial score (nSPS) is 12.4. The molecule has 8 heteroatoms. The zero-order valence-corrected chi connectivity index (χ0v) is 18.0. The summed E-state index contributed by atoms with van der Waals surface area (Å²) in [5.74, 6) is 0.514. The van der Waals surface area contributed by atoms with Crippen molar-refractivity contribution in [3.63, 3.8) is 0 Å². The predicted octanol–water partition coefficient (Wildman–Crippen LogP) is 4.10. The van der Waals surface area contributed by atoms with E-state index in [1.165, 1.54) is 11.3 Å². The third kappa shape index (κ3) is 5.21. The maximum Gasteiger partial charge on any atom is 0.271 e. The fourth-order valence-electron chi connectivity index (χ4n) is 2.73. The highest BCUT2D eigenvalue weighted by atomic mass is 32.2. The molecule has 0 radical (unpaired) electrons. The molecule has 0 fully saturated rings. The van der Waals surface area contributed by atoms with Gasteiger partial charge in [0.05, 0.1) is 17.5 Å². The average molecular weight is 431 g/mol. The Labute approximate surface area is 174 Å². The van der Waals surface area contributed by atoms with Crippen molar-refractivity contribution in [2.75, 3.05) is 12.9 Å². The van der Waals surface area contributed by atoms with Crippen LogP contribution in [0.25, 0.3) is 10.6 Å². The van der Waals surface area contributed by atoms with Gasteiger partial charge in [-0.1, -0.05) is 12.1 Å². The van der Waals surface area contributed by atoms with E-state index < -0.39 is 9.84 Å². The summed E-state index contributed by atoms with van der Waals surface area (Å²) in [6, 6.07) is 13.8. The number of carbonyl (C=O) groups is 1. The smallest absolute Gasteiger partial charge is 0.271 e. The van der Waals surface area contributed by atoms with Crippen LogP contribution in [0.2, 0.25) is 0 Å².